The standard InChI is InChI=1S/C61H108O5/c1-4-7-10-13-16-19-22-25-28-30-32-35-38-41-44-47-50-53-56-64-57-59(66-61(63)55-52-49-46-43-40-37-33-27-24-21-18-15-12-9-6-3)58-65-60(62)54-51-48-45-42-39-36-34-31-29-26-23-20-17-14-11-8-5-2/h7,10,16,19,25-29,32-33,35,59H,4-6,8-9,11-15,17-18,20-24,30-31,34,36-58H2,1-3H3/b10-7-,19-16-,28-25-,29-26-,33-27-,35-32-. The Balaban J connectivity index is 4.32. The molecule has 0 bridgehead atoms. The van der Waals surface area contributed by atoms with Crippen molar-refractivity contribution in [1.82, 2.24) is 0 Å². The molecule has 0 aromatic heterocycles. The summed E-state index contributed by atoms with van der Waals surface area (Å²) in [5.74, 6) is -0.416. The van der Waals surface area contributed by atoms with Gasteiger partial charge < -0.3 is 14.2 Å². The molecule has 1 atom stereocenters. The Morgan fingerprint density at radius 1 is 0.348 bits per heavy atom. The van der Waals surface area contributed by atoms with Crippen LogP contribution < -0.4 is 0 Å². The zero-order chi connectivity index (χ0) is 47.7. The number of unbranched alkanes of at least 4 members (excludes halogenated alkanes) is 29. The van der Waals surface area contributed by atoms with Crippen molar-refractivity contribution in [2.75, 3.05) is 19.8 Å². The minimum Gasteiger partial charge on any atom is -0.462 e. The van der Waals surface area contributed by atoms with Gasteiger partial charge in [-0.15, -0.1) is 0 Å². The van der Waals surface area contributed by atoms with Gasteiger partial charge in [0.1, 0.15) is 6.61 Å². The van der Waals surface area contributed by atoms with Gasteiger partial charge in [0.25, 0.3) is 0 Å². The third-order valence-corrected chi connectivity index (χ3v) is 12.2. The Bertz CT molecular complexity index is 1180. The Labute approximate surface area is 410 Å². The molecule has 0 saturated heterocycles. The number of hydrogen-bond donors (Lipinski definition) is 0. The van der Waals surface area contributed by atoms with Gasteiger partial charge in [0.2, 0.25) is 0 Å². The Hall–Kier alpha value is -2.66. The van der Waals surface area contributed by atoms with Crippen molar-refractivity contribution in [2.24, 2.45) is 0 Å². The van der Waals surface area contributed by atoms with E-state index in [0.29, 0.717) is 19.4 Å². The number of rotatable bonds is 52. The van der Waals surface area contributed by atoms with Crippen LogP contribution in [-0.2, 0) is 23.8 Å². The third kappa shape index (κ3) is 54.0. The van der Waals surface area contributed by atoms with Crippen LogP contribution >= 0.6 is 0 Å². The predicted molar refractivity (Wildman–Crippen MR) is 288 cm³/mol. The predicted octanol–water partition coefficient (Wildman–Crippen LogP) is 19.5. The van der Waals surface area contributed by atoms with Gasteiger partial charge in [-0.3, -0.25) is 9.59 Å². The van der Waals surface area contributed by atoms with Crippen molar-refractivity contribution < 1.29 is 23.8 Å². The van der Waals surface area contributed by atoms with Gasteiger partial charge in [-0.1, -0.05) is 229 Å². The average Bonchev–Trinajstić information content (AvgIpc) is 3.32. The van der Waals surface area contributed by atoms with Gasteiger partial charge in [0, 0.05) is 19.4 Å². The largest absolute Gasteiger partial charge is 0.462 e. The molecule has 0 aliphatic heterocycles. The SMILES string of the molecule is CC/C=C\C/C=C\C/C=C\C/C=C\CCCCCCCOCC(COC(=O)CCCCCCCCC/C=C\CCCCCCCC)OC(=O)CCCCCCC/C=C\CCCCCCCC. The molecule has 5 heteroatoms. The van der Waals surface area contributed by atoms with Crippen LogP contribution in [0.4, 0.5) is 0 Å². The molecule has 0 amide bonds. The van der Waals surface area contributed by atoms with Crippen LogP contribution in [0.5, 0.6) is 0 Å². The van der Waals surface area contributed by atoms with E-state index in [1.54, 1.807) is 0 Å². The maximum absolute atomic E-state index is 12.8. The van der Waals surface area contributed by atoms with Crippen LogP contribution in [0, 0.1) is 0 Å². The molecule has 0 heterocycles. The summed E-state index contributed by atoms with van der Waals surface area (Å²) in [5, 5.41) is 0. The molecule has 66 heavy (non-hydrogen) atoms. The first-order valence-electron chi connectivity index (χ1n) is 28.5. The summed E-state index contributed by atoms with van der Waals surface area (Å²) >= 11 is 0. The Morgan fingerprint density at radius 3 is 1.11 bits per heavy atom. The summed E-state index contributed by atoms with van der Waals surface area (Å²) in [7, 11) is 0. The van der Waals surface area contributed by atoms with Gasteiger partial charge in [-0.05, 0) is 109 Å². The summed E-state index contributed by atoms with van der Waals surface area (Å²) in [6.07, 6.45) is 73.5. The first-order valence-corrected chi connectivity index (χ1v) is 28.5. The monoisotopic (exact) mass is 921 g/mol. The highest BCUT2D eigenvalue weighted by Gasteiger charge is 2.17. The summed E-state index contributed by atoms with van der Waals surface area (Å²) in [5.41, 5.74) is 0. The van der Waals surface area contributed by atoms with Crippen molar-refractivity contribution in [2.45, 2.75) is 284 Å². The fourth-order valence-electron chi connectivity index (χ4n) is 7.96. The van der Waals surface area contributed by atoms with Gasteiger partial charge in [0.15, 0.2) is 6.10 Å². The lowest BCUT2D eigenvalue weighted by molar-refractivity contribution is -0.163. The Kier molecular flexibility index (Phi) is 54.4. The lowest BCUT2D eigenvalue weighted by Crippen LogP contribution is -2.30. The van der Waals surface area contributed by atoms with E-state index in [4.69, 9.17) is 14.2 Å². The highest BCUT2D eigenvalue weighted by molar-refractivity contribution is 5.70. The fraction of sp³-hybridized carbons (Fsp3) is 0.770. The van der Waals surface area contributed by atoms with Crippen LogP contribution in [0.2, 0.25) is 0 Å². The van der Waals surface area contributed by atoms with Gasteiger partial charge in [0.05, 0.1) is 6.61 Å². The normalized spacial score (nSPS) is 12.7. The number of carbonyl (C=O) groups excluding carboxylic acids is 2. The van der Waals surface area contributed by atoms with Crippen LogP contribution in [0.25, 0.3) is 0 Å². The second-order valence-electron chi connectivity index (χ2n) is 18.8. The van der Waals surface area contributed by atoms with E-state index in [9.17, 15) is 9.59 Å². The molecule has 0 fully saturated rings. The zero-order valence-electron chi connectivity index (χ0n) is 44.0. The van der Waals surface area contributed by atoms with E-state index in [2.05, 4.69) is 93.7 Å². The summed E-state index contributed by atoms with van der Waals surface area (Å²) in [6.45, 7) is 7.68. The van der Waals surface area contributed by atoms with E-state index in [1.165, 1.54) is 154 Å². The highest BCUT2D eigenvalue weighted by atomic mass is 16.6. The number of allylic oxidation sites excluding steroid dienone is 12. The third-order valence-electron chi connectivity index (χ3n) is 12.2. The van der Waals surface area contributed by atoms with E-state index in [0.717, 1.165) is 89.9 Å². The molecule has 0 saturated carbocycles. The maximum Gasteiger partial charge on any atom is 0.306 e. The first kappa shape index (κ1) is 63.3. The lowest BCUT2D eigenvalue weighted by atomic mass is 10.1. The van der Waals surface area contributed by atoms with Crippen molar-refractivity contribution >= 4 is 11.9 Å². The summed E-state index contributed by atoms with van der Waals surface area (Å²) in [6, 6.07) is 0. The molecule has 0 aromatic rings. The molecule has 0 aliphatic rings. The number of carbonyl (C=O) groups is 2. The number of ether oxygens (including phenoxy) is 3. The van der Waals surface area contributed by atoms with E-state index in [1.807, 2.05) is 0 Å². The van der Waals surface area contributed by atoms with Crippen molar-refractivity contribution in [1.29, 1.82) is 0 Å². The smallest absolute Gasteiger partial charge is 0.306 e. The van der Waals surface area contributed by atoms with Gasteiger partial charge in [-0.25, -0.2) is 0 Å². The average molecular weight is 922 g/mol. The molecule has 0 rings (SSSR count). The molecule has 0 spiro atoms. The number of esters is 2. The summed E-state index contributed by atoms with van der Waals surface area (Å²) < 4.78 is 17.5. The molecule has 0 N–H and O–H groups in total. The van der Waals surface area contributed by atoms with Gasteiger partial charge in [-0.2, -0.15) is 0 Å². The van der Waals surface area contributed by atoms with Crippen molar-refractivity contribution in [3.63, 3.8) is 0 Å². The highest BCUT2D eigenvalue weighted by Crippen LogP contribution is 2.14. The van der Waals surface area contributed by atoms with Crippen molar-refractivity contribution in [3.8, 4) is 0 Å². The van der Waals surface area contributed by atoms with Crippen LogP contribution in [-0.4, -0.2) is 37.9 Å². The maximum atomic E-state index is 12.8. The van der Waals surface area contributed by atoms with Crippen LogP contribution in [0.3, 0.4) is 0 Å². The van der Waals surface area contributed by atoms with Crippen LogP contribution in [0.15, 0.2) is 72.9 Å². The van der Waals surface area contributed by atoms with Crippen LogP contribution in [0.1, 0.15) is 278 Å². The van der Waals surface area contributed by atoms with E-state index < -0.39 is 6.10 Å². The molecule has 1 unspecified atom stereocenters. The zero-order valence-corrected chi connectivity index (χ0v) is 44.0. The minimum atomic E-state index is -0.555. The second kappa shape index (κ2) is 56.7. The molecule has 5 nitrogen and oxygen atoms in total. The molecular weight excluding hydrogens is 813 g/mol. The lowest BCUT2D eigenvalue weighted by Gasteiger charge is -2.18. The Morgan fingerprint density at radius 2 is 0.682 bits per heavy atom. The first-order chi connectivity index (χ1) is 32.6. The molecule has 0 radical (unpaired) electrons. The number of hydrogen-bond acceptors (Lipinski definition) is 5. The topological polar surface area (TPSA) is 61.8 Å². The molecule has 0 aliphatic carbocycles. The quantitative estimate of drug-likeness (QED) is 0.0346. The minimum absolute atomic E-state index is 0.0711. The fourth-order valence-corrected chi connectivity index (χ4v) is 7.96. The van der Waals surface area contributed by atoms with Gasteiger partial charge >= 0.3 is 11.9 Å². The molecule has 0 aromatic carbocycles. The van der Waals surface area contributed by atoms with E-state index in [-0.39, 0.29) is 25.2 Å². The second-order valence-corrected chi connectivity index (χ2v) is 18.8. The molecular formula is C61H108O5. The van der Waals surface area contributed by atoms with E-state index >= 15 is 0 Å². The summed E-state index contributed by atoms with van der Waals surface area (Å²) in [4.78, 5) is 25.5. The van der Waals surface area contributed by atoms with Crippen molar-refractivity contribution in [3.05, 3.63) is 72.9 Å². The molecule has 382 valence electrons.